The molecular formula is C19H29N3O. The fraction of sp³-hybridized carbons (Fsp3) is 0.632. The van der Waals surface area contributed by atoms with E-state index in [2.05, 4.69) is 41.4 Å². The first kappa shape index (κ1) is 16.5. The molecule has 1 aromatic carbocycles. The van der Waals surface area contributed by atoms with Gasteiger partial charge in [0, 0.05) is 45.2 Å². The molecule has 2 saturated heterocycles. The van der Waals surface area contributed by atoms with Crippen molar-refractivity contribution in [2.24, 2.45) is 0 Å². The number of amides is 1. The third kappa shape index (κ3) is 4.33. The lowest BCUT2D eigenvalue weighted by Gasteiger charge is -2.29. The standard InChI is InChI=1S/C19H29N3O/c1-16-5-2-3-6-17(16)15-18-7-4-11-21(18)12-8-19(23)22-13-9-20-10-14-22/h2-3,5-6,18,20H,4,7-15H2,1H3. The zero-order valence-corrected chi connectivity index (χ0v) is 14.3. The number of carbonyl (C=O) groups excluding carboxylic acids is 1. The second-order valence-corrected chi connectivity index (χ2v) is 6.84. The topological polar surface area (TPSA) is 35.6 Å². The van der Waals surface area contributed by atoms with Crippen molar-refractivity contribution in [1.29, 1.82) is 0 Å². The third-order valence-electron chi connectivity index (χ3n) is 5.30. The van der Waals surface area contributed by atoms with Gasteiger partial charge in [-0.3, -0.25) is 9.69 Å². The third-order valence-corrected chi connectivity index (χ3v) is 5.30. The van der Waals surface area contributed by atoms with Gasteiger partial charge in [0.2, 0.25) is 5.91 Å². The van der Waals surface area contributed by atoms with Crippen molar-refractivity contribution in [3.8, 4) is 0 Å². The molecule has 1 N–H and O–H groups in total. The number of nitrogens with zero attached hydrogens (tertiary/aromatic N) is 2. The van der Waals surface area contributed by atoms with Crippen molar-refractivity contribution < 1.29 is 4.79 Å². The highest BCUT2D eigenvalue weighted by atomic mass is 16.2. The first-order valence-electron chi connectivity index (χ1n) is 9.01. The van der Waals surface area contributed by atoms with Crippen LogP contribution in [0.15, 0.2) is 24.3 Å². The van der Waals surface area contributed by atoms with E-state index in [9.17, 15) is 4.79 Å². The van der Waals surface area contributed by atoms with E-state index >= 15 is 0 Å². The summed E-state index contributed by atoms with van der Waals surface area (Å²) in [6, 6.07) is 9.29. The minimum absolute atomic E-state index is 0.327. The molecule has 1 unspecified atom stereocenters. The van der Waals surface area contributed by atoms with Gasteiger partial charge in [-0.2, -0.15) is 0 Å². The average molecular weight is 315 g/mol. The molecule has 0 radical (unpaired) electrons. The summed E-state index contributed by atoms with van der Waals surface area (Å²) in [4.78, 5) is 16.9. The van der Waals surface area contributed by atoms with Crippen LogP contribution in [0.5, 0.6) is 0 Å². The monoisotopic (exact) mass is 315 g/mol. The summed E-state index contributed by atoms with van der Waals surface area (Å²) in [6.07, 6.45) is 4.31. The van der Waals surface area contributed by atoms with Gasteiger partial charge in [-0.15, -0.1) is 0 Å². The number of carbonyl (C=O) groups is 1. The fourth-order valence-corrected chi connectivity index (χ4v) is 3.83. The van der Waals surface area contributed by atoms with E-state index in [4.69, 9.17) is 0 Å². The van der Waals surface area contributed by atoms with Crippen LogP contribution in [0.2, 0.25) is 0 Å². The van der Waals surface area contributed by atoms with E-state index < -0.39 is 0 Å². The number of hydrogen-bond acceptors (Lipinski definition) is 3. The minimum atomic E-state index is 0.327. The lowest BCUT2D eigenvalue weighted by atomic mass is 9.99. The second-order valence-electron chi connectivity index (χ2n) is 6.84. The van der Waals surface area contributed by atoms with E-state index in [1.54, 1.807) is 0 Å². The molecule has 1 amide bonds. The summed E-state index contributed by atoms with van der Waals surface area (Å²) < 4.78 is 0. The SMILES string of the molecule is Cc1ccccc1CC1CCCN1CCC(=O)N1CCNCC1. The van der Waals surface area contributed by atoms with Crippen molar-refractivity contribution >= 4 is 5.91 Å². The highest BCUT2D eigenvalue weighted by molar-refractivity contribution is 5.76. The van der Waals surface area contributed by atoms with E-state index in [1.165, 1.54) is 24.0 Å². The zero-order valence-electron chi connectivity index (χ0n) is 14.3. The fourth-order valence-electron chi connectivity index (χ4n) is 3.83. The van der Waals surface area contributed by atoms with Crippen LogP contribution >= 0.6 is 0 Å². The van der Waals surface area contributed by atoms with Crippen molar-refractivity contribution in [2.45, 2.75) is 38.6 Å². The van der Waals surface area contributed by atoms with Gasteiger partial charge in [-0.25, -0.2) is 0 Å². The maximum atomic E-state index is 12.3. The van der Waals surface area contributed by atoms with Crippen LogP contribution in [0.1, 0.15) is 30.4 Å². The van der Waals surface area contributed by atoms with Crippen LogP contribution in [0, 0.1) is 6.92 Å². The van der Waals surface area contributed by atoms with Gasteiger partial charge in [0.15, 0.2) is 0 Å². The molecule has 0 aliphatic carbocycles. The van der Waals surface area contributed by atoms with Crippen LogP contribution in [-0.4, -0.2) is 61.0 Å². The Morgan fingerprint density at radius 3 is 2.78 bits per heavy atom. The molecule has 1 aromatic rings. The van der Waals surface area contributed by atoms with Gasteiger partial charge < -0.3 is 10.2 Å². The Bertz CT molecular complexity index is 525. The second kappa shape index (κ2) is 7.93. The highest BCUT2D eigenvalue weighted by Gasteiger charge is 2.26. The first-order chi connectivity index (χ1) is 11.2. The molecular weight excluding hydrogens is 286 g/mol. The molecule has 4 heteroatoms. The van der Waals surface area contributed by atoms with Gasteiger partial charge in [-0.05, 0) is 43.9 Å². The molecule has 0 saturated carbocycles. The van der Waals surface area contributed by atoms with Crippen LogP contribution in [0.4, 0.5) is 0 Å². The number of likely N-dealkylation sites (tertiary alicyclic amines) is 1. The normalized spacial score (nSPS) is 22.5. The van der Waals surface area contributed by atoms with Gasteiger partial charge in [0.25, 0.3) is 0 Å². The lowest BCUT2D eigenvalue weighted by Crippen LogP contribution is -2.47. The Labute approximate surface area is 139 Å². The molecule has 0 bridgehead atoms. The zero-order chi connectivity index (χ0) is 16.1. The van der Waals surface area contributed by atoms with Gasteiger partial charge in [-0.1, -0.05) is 24.3 Å². The summed E-state index contributed by atoms with van der Waals surface area (Å²) in [7, 11) is 0. The Morgan fingerprint density at radius 2 is 2.00 bits per heavy atom. The summed E-state index contributed by atoms with van der Waals surface area (Å²) in [5.41, 5.74) is 2.84. The predicted octanol–water partition coefficient (Wildman–Crippen LogP) is 1.82. The van der Waals surface area contributed by atoms with Crippen molar-refractivity contribution in [1.82, 2.24) is 15.1 Å². The molecule has 0 aromatic heterocycles. The molecule has 126 valence electrons. The van der Waals surface area contributed by atoms with Crippen molar-refractivity contribution in [3.05, 3.63) is 35.4 Å². The summed E-state index contributed by atoms with van der Waals surface area (Å²) in [5.74, 6) is 0.327. The van der Waals surface area contributed by atoms with Gasteiger partial charge in [0.05, 0.1) is 0 Å². The summed E-state index contributed by atoms with van der Waals surface area (Å²) in [6.45, 7) is 7.86. The molecule has 1 atom stereocenters. The molecule has 0 spiro atoms. The Hall–Kier alpha value is -1.39. The Morgan fingerprint density at radius 1 is 1.22 bits per heavy atom. The largest absolute Gasteiger partial charge is 0.340 e. The molecule has 2 heterocycles. The molecule has 3 rings (SSSR count). The smallest absolute Gasteiger partial charge is 0.223 e. The molecule has 2 aliphatic heterocycles. The number of hydrogen-bond donors (Lipinski definition) is 1. The highest BCUT2D eigenvalue weighted by Crippen LogP contribution is 2.22. The maximum absolute atomic E-state index is 12.3. The van der Waals surface area contributed by atoms with Gasteiger partial charge in [0.1, 0.15) is 0 Å². The summed E-state index contributed by atoms with van der Waals surface area (Å²) in [5, 5.41) is 3.30. The van der Waals surface area contributed by atoms with Crippen LogP contribution in [-0.2, 0) is 11.2 Å². The molecule has 2 fully saturated rings. The van der Waals surface area contributed by atoms with Gasteiger partial charge >= 0.3 is 0 Å². The Balaban J connectivity index is 1.51. The average Bonchev–Trinajstić information content (AvgIpc) is 3.03. The van der Waals surface area contributed by atoms with E-state index in [1.807, 2.05) is 4.90 Å². The number of piperazine rings is 1. The first-order valence-corrected chi connectivity index (χ1v) is 9.01. The number of aryl methyl sites for hydroxylation is 1. The van der Waals surface area contributed by atoms with Crippen molar-refractivity contribution in [2.75, 3.05) is 39.3 Å². The molecule has 4 nitrogen and oxygen atoms in total. The molecule has 23 heavy (non-hydrogen) atoms. The number of benzene rings is 1. The number of rotatable bonds is 5. The van der Waals surface area contributed by atoms with Crippen molar-refractivity contribution in [3.63, 3.8) is 0 Å². The number of nitrogens with one attached hydrogen (secondary N) is 1. The minimum Gasteiger partial charge on any atom is -0.340 e. The maximum Gasteiger partial charge on any atom is 0.223 e. The lowest BCUT2D eigenvalue weighted by molar-refractivity contribution is -0.132. The Kier molecular flexibility index (Phi) is 5.68. The summed E-state index contributed by atoms with van der Waals surface area (Å²) >= 11 is 0. The van der Waals surface area contributed by atoms with Crippen LogP contribution in [0.25, 0.3) is 0 Å². The van der Waals surface area contributed by atoms with Crippen LogP contribution < -0.4 is 5.32 Å². The quantitative estimate of drug-likeness (QED) is 0.900. The van der Waals surface area contributed by atoms with E-state index in [0.29, 0.717) is 18.4 Å². The predicted molar refractivity (Wildman–Crippen MR) is 93.5 cm³/mol. The molecule has 2 aliphatic rings. The van der Waals surface area contributed by atoms with E-state index in [-0.39, 0.29) is 0 Å². The van der Waals surface area contributed by atoms with E-state index in [0.717, 1.165) is 45.7 Å². The van der Waals surface area contributed by atoms with Crippen LogP contribution in [0.3, 0.4) is 0 Å².